The van der Waals surface area contributed by atoms with Gasteiger partial charge in [0.25, 0.3) is 0 Å². The lowest BCUT2D eigenvalue weighted by Gasteiger charge is -2.28. The first-order valence-corrected chi connectivity index (χ1v) is 6.61. The van der Waals surface area contributed by atoms with Crippen LogP contribution >= 0.6 is 0 Å². The number of hydrazine groups is 1. The Balaban J connectivity index is 2.39. The number of aryl methyl sites for hydroxylation is 1. The van der Waals surface area contributed by atoms with Gasteiger partial charge in [0.1, 0.15) is 5.69 Å². The molecule has 4 N–H and O–H groups in total. The topological polar surface area (TPSA) is 119 Å². The molecule has 1 heterocycles. The number of nitro groups is 1. The van der Waals surface area contributed by atoms with E-state index in [-0.39, 0.29) is 34.6 Å². The number of nitrogens with one attached hydrogen (secondary N) is 2. The predicted molar refractivity (Wildman–Crippen MR) is 76.3 cm³/mol. The zero-order valence-corrected chi connectivity index (χ0v) is 11.9. The molecule has 8 nitrogen and oxygen atoms in total. The van der Waals surface area contributed by atoms with Crippen molar-refractivity contribution in [1.82, 2.24) is 9.97 Å². The fraction of sp³-hybridized carbons (Fsp3) is 0.667. The summed E-state index contributed by atoms with van der Waals surface area (Å²) >= 11 is 0. The van der Waals surface area contributed by atoms with E-state index in [2.05, 4.69) is 34.6 Å². The summed E-state index contributed by atoms with van der Waals surface area (Å²) in [5.74, 6) is 5.71. The summed E-state index contributed by atoms with van der Waals surface area (Å²) in [7, 11) is 0. The molecular formula is C12H20N6O2. The second-order valence-electron chi connectivity index (χ2n) is 5.81. The van der Waals surface area contributed by atoms with Gasteiger partial charge in [-0.05, 0) is 25.2 Å². The lowest BCUT2D eigenvalue weighted by Crippen LogP contribution is -2.31. The van der Waals surface area contributed by atoms with Gasteiger partial charge >= 0.3 is 5.69 Å². The minimum atomic E-state index is -0.458. The Hall–Kier alpha value is -1.96. The van der Waals surface area contributed by atoms with Crippen LogP contribution in [0, 0.1) is 22.5 Å². The number of nitrogen functional groups attached to an aromatic ring is 1. The molecule has 0 radical (unpaired) electrons. The van der Waals surface area contributed by atoms with E-state index in [1.54, 1.807) is 6.92 Å². The zero-order chi connectivity index (χ0) is 14.9. The van der Waals surface area contributed by atoms with Crippen LogP contribution in [0.3, 0.4) is 0 Å². The van der Waals surface area contributed by atoms with Gasteiger partial charge in [-0.2, -0.15) is 4.98 Å². The Morgan fingerprint density at radius 1 is 1.45 bits per heavy atom. The lowest BCUT2D eigenvalue weighted by atomic mass is 9.87. The van der Waals surface area contributed by atoms with Gasteiger partial charge < -0.3 is 5.32 Å². The maximum absolute atomic E-state index is 11.2. The van der Waals surface area contributed by atoms with Gasteiger partial charge in [0.2, 0.25) is 11.8 Å². The van der Waals surface area contributed by atoms with Crippen molar-refractivity contribution in [3.63, 3.8) is 0 Å². The van der Waals surface area contributed by atoms with Crippen LogP contribution in [0.4, 0.5) is 17.5 Å². The van der Waals surface area contributed by atoms with Crippen molar-refractivity contribution in [1.29, 1.82) is 0 Å². The first kappa shape index (κ1) is 14.4. The Kier molecular flexibility index (Phi) is 3.76. The van der Waals surface area contributed by atoms with E-state index in [1.807, 2.05) is 0 Å². The van der Waals surface area contributed by atoms with E-state index in [0.29, 0.717) is 0 Å². The summed E-state index contributed by atoms with van der Waals surface area (Å²) in [5.41, 5.74) is 2.62. The average Bonchev–Trinajstić information content (AvgIpc) is 2.67. The first-order valence-electron chi connectivity index (χ1n) is 6.61. The van der Waals surface area contributed by atoms with Gasteiger partial charge in [-0.1, -0.05) is 20.3 Å². The molecule has 2 rings (SSSR count). The Labute approximate surface area is 117 Å². The molecule has 0 bridgehead atoms. The van der Waals surface area contributed by atoms with Crippen LogP contribution in [0.25, 0.3) is 0 Å². The normalized spacial score (nSPS) is 20.7. The van der Waals surface area contributed by atoms with Crippen molar-refractivity contribution < 1.29 is 4.92 Å². The van der Waals surface area contributed by atoms with Crippen LogP contribution in [0.5, 0.6) is 0 Å². The van der Waals surface area contributed by atoms with Crippen molar-refractivity contribution in [2.45, 2.75) is 46.1 Å². The highest BCUT2D eigenvalue weighted by Crippen LogP contribution is 2.40. The Morgan fingerprint density at radius 2 is 2.15 bits per heavy atom. The maximum atomic E-state index is 11.2. The van der Waals surface area contributed by atoms with Gasteiger partial charge in [0.05, 0.1) is 4.92 Å². The lowest BCUT2D eigenvalue weighted by molar-refractivity contribution is -0.385. The number of hydrogen-bond donors (Lipinski definition) is 3. The Bertz CT molecular complexity index is 531. The second kappa shape index (κ2) is 5.20. The highest BCUT2D eigenvalue weighted by atomic mass is 16.6. The van der Waals surface area contributed by atoms with E-state index in [1.165, 1.54) is 0 Å². The molecule has 1 atom stereocenters. The molecule has 8 heteroatoms. The number of hydrogen-bond acceptors (Lipinski definition) is 7. The maximum Gasteiger partial charge on any atom is 0.332 e. The first-order chi connectivity index (χ1) is 9.35. The van der Waals surface area contributed by atoms with Gasteiger partial charge in [0, 0.05) is 6.04 Å². The minimum Gasteiger partial charge on any atom is -0.361 e. The zero-order valence-electron chi connectivity index (χ0n) is 11.9. The molecule has 1 aliphatic carbocycles. The predicted octanol–water partition coefficient (Wildman–Crippen LogP) is 1.97. The van der Waals surface area contributed by atoms with Crippen molar-refractivity contribution in [3.05, 3.63) is 15.8 Å². The summed E-state index contributed by atoms with van der Waals surface area (Å²) < 4.78 is 0. The molecule has 0 aliphatic heterocycles. The number of aromatic nitrogens is 2. The third-order valence-corrected chi connectivity index (χ3v) is 3.94. The molecule has 0 saturated heterocycles. The van der Waals surface area contributed by atoms with Gasteiger partial charge in [-0.25, -0.2) is 10.8 Å². The van der Waals surface area contributed by atoms with Crippen LogP contribution in [0.2, 0.25) is 0 Å². The van der Waals surface area contributed by atoms with Crippen LogP contribution in [-0.2, 0) is 0 Å². The third-order valence-electron chi connectivity index (χ3n) is 3.94. The highest BCUT2D eigenvalue weighted by molar-refractivity contribution is 5.61. The molecule has 1 aromatic rings. The fourth-order valence-corrected chi connectivity index (χ4v) is 2.71. The molecule has 1 aromatic heterocycles. The molecule has 1 fully saturated rings. The van der Waals surface area contributed by atoms with Crippen LogP contribution in [0.1, 0.15) is 38.8 Å². The van der Waals surface area contributed by atoms with Crippen molar-refractivity contribution in [2.24, 2.45) is 11.3 Å². The summed E-state index contributed by atoms with van der Waals surface area (Å²) in [6.45, 7) is 5.88. The smallest absolute Gasteiger partial charge is 0.332 e. The standard InChI is InChI=1S/C12H20N6O2/c1-7-9(18(19)20)10(16-11(14-7)17-13)15-8-5-4-6-12(8,2)3/h8H,4-6,13H2,1-3H3,(H2,14,15,16,17). The summed E-state index contributed by atoms with van der Waals surface area (Å²) in [5, 5.41) is 14.4. The van der Waals surface area contributed by atoms with Crippen molar-refractivity contribution >= 4 is 17.5 Å². The molecule has 20 heavy (non-hydrogen) atoms. The quantitative estimate of drug-likeness (QED) is 0.438. The van der Waals surface area contributed by atoms with Crippen LogP contribution in [0.15, 0.2) is 0 Å². The molecular weight excluding hydrogens is 260 g/mol. The molecule has 0 spiro atoms. The van der Waals surface area contributed by atoms with E-state index >= 15 is 0 Å². The summed E-state index contributed by atoms with van der Waals surface area (Å²) in [6, 6.07) is 0.154. The van der Waals surface area contributed by atoms with Crippen LogP contribution < -0.4 is 16.6 Å². The molecule has 0 aromatic carbocycles. The molecule has 110 valence electrons. The van der Waals surface area contributed by atoms with E-state index < -0.39 is 4.92 Å². The fourth-order valence-electron chi connectivity index (χ4n) is 2.71. The van der Waals surface area contributed by atoms with Crippen LogP contribution in [-0.4, -0.2) is 20.9 Å². The van der Waals surface area contributed by atoms with Crippen molar-refractivity contribution in [3.8, 4) is 0 Å². The second-order valence-corrected chi connectivity index (χ2v) is 5.81. The van der Waals surface area contributed by atoms with Gasteiger partial charge in [0.15, 0.2) is 0 Å². The average molecular weight is 280 g/mol. The third kappa shape index (κ3) is 2.64. The van der Waals surface area contributed by atoms with Gasteiger partial charge in [-0.15, -0.1) is 0 Å². The molecule has 1 aliphatic rings. The molecule has 1 saturated carbocycles. The highest BCUT2D eigenvalue weighted by Gasteiger charge is 2.36. The summed E-state index contributed by atoms with van der Waals surface area (Å²) in [6.07, 6.45) is 3.16. The SMILES string of the molecule is Cc1nc(NN)nc(NC2CCCC2(C)C)c1[N+](=O)[O-]. The summed E-state index contributed by atoms with van der Waals surface area (Å²) in [4.78, 5) is 18.8. The minimum absolute atomic E-state index is 0.0863. The van der Waals surface area contributed by atoms with Crippen molar-refractivity contribution in [2.75, 3.05) is 10.7 Å². The number of rotatable bonds is 4. The van der Waals surface area contributed by atoms with E-state index in [0.717, 1.165) is 19.3 Å². The number of nitrogens with two attached hydrogens (primary N) is 1. The Morgan fingerprint density at radius 3 is 2.65 bits per heavy atom. The number of nitrogens with zero attached hydrogens (tertiary/aromatic N) is 3. The largest absolute Gasteiger partial charge is 0.361 e. The van der Waals surface area contributed by atoms with E-state index in [9.17, 15) is 10.1 Å². The molecule has 0 amide bonds. The monoisotopic (exact) mass is 280 g/mol. The van der Waals surface area contributed by atoms with E-state index in [4.69, 9.17) is 5.84 Å². The number of anilines is 2. The molecule has 1 unspecified atom stereocenters. The van der Waals surface area contributed by atoms with Gasteiger partial charge in [-0.3, -0.25) is 15.5 Å².